The molecule has 0 saturated heterocycles. The lowest BCUT2D eigenvalue weighted by Crippen LogP contribution is -2.30. The van der Waals surface area contributed by atoms with Gasteiger partial charge in [-0.15, -0.1) is 0 Å². The molecule has 0 unspecified atom stereocenters. The molecule has 0 aliphatic carbocycles. The van der Waals surface area contributed by atoms with Crippen LogP contribution in [0.5, 0.6) is 0 Å². The second-order valence-electron chi connectivity index (χ2n) is 5.50. The average Bonchev–Trinajstić information content (AvgIpc) is 2.79. The molecule has 21 heavy (non-hydrogen) atoms. The summed E-state index contributed by atoms with van der Waals surface area (Å²) in [5.74, 6) is 1.74. The molecule has 0 atom stereocenters. The lowest BCUT2D eigenvalue weighted by atomic mass is 10.1. The Morgan fingerprint density at radius 3 is 2.38 bits per heavy atom. The van der Waals surface area contributed by atoms with Crippen LogP contribution in [0.4, 0.5) is 5.69 Å². The number of likely N-dealkylation sites (N-methyl/N-ethyl adjacent to an activating group) is 1. The molecule has 0 fully saturated rings. The summed E-state index contributed by atoms with van der Waals surface area (Å²) >= 11 is 0. The minimum Gasteiger partial charge on any atom is -0.465 e. The molecule has 0 aliphatic rings. The molecule has 0 saturated carbocycles. The normalized spacial score (nSPS) is 10.9. The number of para-hydroxylation sites is 1. The van der Waals surface area contributed by atoms with Gasteiger partial charge in [0.2, 0.25) is 5.91 Å². The number of rotatable bonds is 5. The van der Waals surface area contributed by atoms with Gasteiger partial charge in [0.05, 0.1) is 13.1 Å². The standard InChI is InChI=1S/C17H22N2O2/c1-12-6-5-7-13(2)17(12)18-16(20)11-19(4)10-15-9-8-14(3)21-15/h5-9H,10-11H2,1-4H3,(H,18,20). The minimum atomic E-state index is -0.0156. The van der Waals surface area contributed by atoms with Gasteiger partial charge in [-0.3, -0.25) is 9.69 Å². The van der Waals surface area contributed by atoms with Crippen LogP contribution >= 0.6 is 0 Å². The topological polar surface area (TPSA) is 45.5 Å². The van der Waals surface area contributed by atoms with Crippen LogP contribution in [0.2, 0.25) is 0 Å². The van der Waals surface area contributed by atoms with Gasteiger partial charge in [-0.25, -0.2) is 0 Å². The van der Waals surface area contributed by atoms with Crippen molar-refractivity contribution in [3.63, 3.8) is 0 Å². The maximum absolute atomic E-state index is 12.1. The Morgan fingerprint density at radius 1 is 1.14 bits per heavy atom. The van der Waals surface area contributed by atoms with Crippen molar-refractivity contribution in [3.8, 4) is 0 Å². The Bertz CT molecular complexity index is 611. The summed E-state index contributed by atoms with van der Waals surface area (Å²) < 4.78 is 5.52. The van der Waals surface area contributed by atoms with Crippen LogP contribution in [0.25, 0.3) is 0 Å². The van der Waals surface area contributed by atoms with Crippen molar-refractivity contribution in [3.05, 3.63) is 53.0 Å². The highest BCUT2D eigenvalue weighted by Gasteiger charge is 2.11. The molecule has 0 aliphatic heterocycles. The third-order valence-electron chi connectivity index (χ3n) is 3.38. The van der Waals surface area contributed by atoms with Gasteiger partial charge in [0.25, 0.3) is 0 Å². The second-order valence-corrected chi connectivity index (χ2v) is 5.50. The smallest absolute Gasteiger partial charge is 0.238 e. The second kappa shape index (κ2) is 6.59. The average molecular weight is 286 g/mol. The molecule has 0 spiro atoms. The zero-order valence-electron chi connectivity index (χ0n) is 13.1. The number of amides is 1. The van der Waals surface area contributed by atoms with Crippen LogP contribution in [-0.2, 0) is 11.3 Å². The summed E-state index contributed by atoms with van der Waals surface area (Å²) in [5, 5.41) is 2.99. The van der Waals surface area contributed by atoms with Crippen molar-refractivity contribution < 1.29 is 9.21 Å². The van der Waals surface area contributed by atoms with E-state index < -0.39 is 0 Å². The molecule has 1 N–H and O–H groups in total. The van der Waals surface area contributed by atoms with Gasteiger partial charge in [-0.05, 0) is 51.1 Å². The first kappa shape index (κ1) is 15.3. The quantitative estimate of drug-likeness (QED) is 0.917. The molecule has 4 nitrogen and oxygen atoms in total. The summed E-state index contributed by atoms with van der Waals surface area (Å²) in [4.78, 5) is 14.1. The van der Waals surface area contributed by atoms with Crippen LogP contribution in [0.3, 0.4) is 0 Å². The summed E-state index contributed by atoms with van der Waals surface area (Å²) in [7, 11) is 1.90. The number of benzene rings is 1. The summed E-state index contributed by atoms with van der Waals surface area (Å²) in [6.45, 7) is 6.86. The van der Waals surface area contributed by atoms with E-state index in [2.05, 4.69) is 5.32 Å². The van der Waals surface area contributed by atoms with Crippen LogP contribution in [0.1, 0.15) is 22.6 Å². The molecule has 1 aromatic carbocycles. The fourth-order valence-corrected chi connectivity index (χ4v) is 2.33. The molecule has 0 bridgehead atoms. The Balaban J connectivity index is 1.92. The SMILES string of the molecule is Cc1ccc(CN(C)CC(=O)Nc2c(C)cccc2C)o1. The Labute approximate surface area is 125 Å². The van der Waals surface area contributed by atoms with Crippen LogP contribution in [-0.4, -0.2) is 24.4 Å². The third-order valence-corrected chi connectivity index (χ3v) is 3.38. The number of furan rings is 1. The Hall–Kier alpha value is -2.07. The monoisotopic (exact) mass is 286 g/mol. The van der Waals surface area contributed by atoms with Crippen molar-refractivity contribution in [2.75, 3.05) is 18.9 Å². The molecule has 112 valence electrons. The first-order chi connectivity index (χ1) is 9.95. The van der Waals surface area contributed by atoms with E-state index in [1.165, 1.54) is 0 Å². The molecule has 2 aromatic rings. The fraction of sp³-hybridized carbons (Fsp3) is 0.353. The lowest BCUT2D eigenvalue weighted by Gasteiger charge is -2.16. The van der Waals surface area contributed by atoms with Crippen molar-refractivity contribution in [1.29, 1.82) is 0 Å². The Kier molecular flexibility index (Phi) is 4.81. The van der Waals surface area contributed by atoms with Crippen LogP contribution < -0.4 is 5.32 Å². The molecule has 0 radical (unpaired) electrons. The van der Waals surface area contributed by atoms with Gasteiger partial charge in [0.15, 0.2) is 0 Å². The van der Waals surface area contributed by atoms with Crippen LogP contribution in [0, 0.1) is 20.8 Å². The molecular weight excluding hydrogens is 264 g/mol. The van der Waals surface area contributed by atoms with E-state index in [4.69, 9.17) is 4.42 Å². The van der Waals surface area contributed by atoms with E-state index in [9.17, 15) is 4.79 Å². The summed E-state index contributed by atoms with van der Waals surface area (Å²) in [6, 6.07) is 9.86. The number of hydrogen-bond acceptors (Lipinski definition) is 3. The Morgan fingerprint density at radius 2 is 1.81 bits per heavy atom. The lowest BCUT2D eigenvalue weighted by molar-refractivity contribution is -0.117. The molecule has 1 aromatic heterocycles. The van der Waals surface area contributed by atoms with Crippen LogP contribution in [0.15, 0.2) is 34.7 Å². The van der Waals surface area contributed by atoms with Crippen molar-refractivity contribution >= 4 is 11.6 Å². The highest BCUT2D eigenvalue weighted by Crippen LogP contribution is 2.19. The van der Waals surface area contributed by atoms with Gasteiger partial charge in [0, 0.05) is 5.69 Å². The van der Waals surface area contributed by atoms with E-state index in [0.29, 0.717) is 13.1 Å². The predicted octanol–water partition coefficient (Wildman–Crippen LogP) is 3.28. The number of hydrogen-bond donors (Lipinski definition) is 1. The number of anilines is 1. The van der Waals surface area contributed by atoms with E-state index in [-0.39, 0.29) is 5.91 Å². The zero-order valence-corrected chi connectivity index (χ0v) is 13.1. The first-order valence-electron chi connectivity index (χ1n) is 7.05. The number of nitrogens with zero attached hydrogens (tertiary/aromatic N) is 1. The van der Waals surface area contributed by atoms with Crippen molar-refractivity contribution in [2.24, 2.45) is 0 Å². The van der Waals surface area contributed by atoms with Crippen molar-refractivity contribution in [1.82, 2.24) is 4.90 Å². The van der Waals surface area contributed by atoms with Crippen molar-refractivity contribution in [2.45, 2.75) is 27.3 Å². The highest BCUT2D eigenvalue weighted by molar-refractivity contribution is 5.93. The number of nitrogens with one attached hydrogen (secondary N) is 1. The highest BCUT2D eigenvalue weighted by atomic mass is 16.3. The van der Waals surface area contributed by atoms with E-state index >= 15 is 0 Å². The zero-order chi connectivity index (χ0) is 15.4. The van der Waals surface area contributed by atoms with Gasteiger partial charge in [-0.1, -0.05) is 18.2 Å². The fourth-order valence-electron chi connectivity index (χ4n) is 2.33. The first-order valence-corrected chi connectivity index (χ1v) is 7.05. The number of carbonyl (C=O) groups excluding carboxylic acids is 1. The summed E-state index contributed by atoms with van der Waals surface area (Å²) in [5.41, 5.74) is 3.06. The maximum atomic E-state index is 12.1. The van der Waals surface area contributed by atoms with Gasteiger partial charge < -0.3 is 9.73 Å². The van der Waals surface area contributed by atoms with Gasteiger partial charge >= 0.3 is 0 Å². The van der Waals surface area contributed by atoms with E-state index in [1.54, 1.807) is 0 Å². The third kappa shape index (κ3) is 4.20. The molecule has 4 heteroatoms. The van der Waals surface area contributed by atoms with E-state index in [0.717, 1.165) is 28.3 Å². The molecule has 2 rings (SSSR count). The molecule has 1 heterocycles. The molecular formula is C17H22N2O2. The minimum absolute atomic E-state index is 0.0156. The van der Waals surface area contributed by atoms with Gasteiger partial charge in [-0.2, -0.15) is 0 Å². The number of aryl methyl sites for hydroxylation is 3. The van der Waals surface area contributed by atoms with E-state index in [1.807, 2.05) is 63.1 Å². The molecule has 1 amide bonds. The number of carbonyl (C=O) groups is 1. The largest absolute Gasteiger partial charge is 0.465 e. The predicted molar refractivity (Wildman–Crippen MR) is 84.3 cm³/mol. The van der Waals surface area contributed by atoms with Gasteiger partial charge in [0.1, 0.15) is 11.5 Å². The maximum Gasteiger partial charge on any atom is 0.238 e. The summed E-state index contributed by atoms with van der Waals surface area (Å²) in [6.07, 6.45) is 0.